The van der Waals surface area contributed by atoms with Gasteiger partial charge in [0.25, 0.3) is 0 Å². The monoisotopic (exact) mass is 268 g/mol. The lowest BCUT2D eigenvalue weighted by Gasteiger charge is -2.23. The Morgan fingerprint density at radius 1 is 1.32 bits per heavy atom. The highest BCUT2D eigenvalue weighted by Gasteiger charge is 2.14. The molecule has 0 saturated carbocycles. The van der Waals surface area contributed by atoms with Crippen LogP contribution >= 0.6 is 0 Å². The van der Waals surface area contributed by atoms with E-state index in [1.807, 2.05) is 0 Å². The lowest BCUT2D eigenvalue weighted by molar-refractivity contribution is -0.122. The first-order valence-corrected chi connectivity index (χ1v) is 8.25. The number of hydrogen-bond acceptors (Lipinski definition) is 2. The summed E-state index contributed by atoms with van der Waals surface area (Å²) in [5.74, 6) is 0.232. The van der Waals surface area contributed by atoms with Gasteiger partial charge in [0.2, 0.25) is 5.91 Å². The second kappa shape index (κ2) is 10.2. The number of hydrogen-bond donors (Lipinski definition) is 2. The van der Waals surface area contributed by atoms with Crippen molar-refractivity contribution in [2.24, 2.45) is 0 Å². The van der Waals surface area contributed by atoms with Crippen LogP contribution in [0.25, 0.3) is 0 Å². The van der Waals surface area contributed by atoms with Gasteiger partial charge in [-0.3, -0.25) is 4.79 Å². The maximum absolute atomic E-state index is 11.8. The van der Waals surface area contributed by atoms with E-state index in [2.05, 4.69) is 24.5 Å². The molecule has 2 atom stereocenters. The predicted octanol–water partition coefficient (Wildman–Crippen LogP) is 3.38. The number of rotatable bonds is 9. The van der Waals surface area contributed by atoms with Crippen LogP contribution < -0.4 is 10.6 Å². The van der Waals surface area contributed by atoms with Gasteiger partial charge in [-0.2, -0.15) is 0 Å². The van der Waals surface area contributed by atoms with Gasteiger partial charge in [-0.25, -0.2) is 0 Å². The average molecular weight is 268 g/mol. The highest BCUT2D eigenvalue weighted by atomic mass is 16.1. The molecule has 1 heterocycles. The van der Waals surface area contributed by atoms with Crippen molar-refractivity contribution in [3.05, 3.63) is 0 Å². The third-order valence-electron chi connectivity index (χ3n) is 4.03. The second-order valence-corrected chi connectivity index (χ2v) is 6.00. The van der Waals surface area contributed by atoms with Gasteiger partial charge in [-0.15, -0.1) is 0 Å². The fourth-order valence-corrected chi connectivity index (χ4v) is 2.77. The lowest BCUT2D eigenvalue weighted by Crippen LogP contribution is -2.37. The van der Waals surface area contributed by atoms with Crippen LogP contribution in [-0.2, 0) is 4.79 Å². The smallest absolute Gasteiger partial charge is 0.220 e. The molecule has 2 N–H and O–H groups in total. The number of carbonyl (C=O) groups is 1. The molecule has 0 bridgehead atoms. The predicted molar refractivity (Wildman–Crippen MR) is 81.2 cm³/mol. The fraction of sp³-hybridized carbons (Fsp3) is 0.938. The van der Waals surface area contributed by atoms with Crippen LogP contribution in [0, 0.1) is 0 Å². The molecule has 3 nitrogen and oxygen atoms in total. The van der Waals surface area contributed by atoms with Crippen LogP contribution in [0.3, 0.4) is 0 Å². The minimum absolute atomic E-state index is 0.232. The molecule has 112 valence electrons. The third-order valence-corrected chi connectivity index (χ3v) is 4.03. The Labute approximate surface area is 118 Å². The van der Waals surface area contributed by atoms with E-state index in [1.54, 1.807) is 0 Å². The molecule has 19 heavy (non-hydrogen) atoms. The van der Waals surface area contributed by atoms with E-state index in [0.29, 0.717) is 18.5 Å². The zero-order valence-electron chi connectivity index (χ0n) is 12.8. The van der Waals surface area contributed by atoms with E-state index in [4.69, 9.17) is 0 Å². The Balaban J connectivity index is 2.02. The molecule has 1 saturated heterocycles. The summed E-state index contributed by atoms with van der Waals surface area (Å²) in [4.78, 5) is 11.8. The Bertz CT molecular complexity index is 237. The summed E-state index contributed by atoms with van der Waals surface area (Å²) in [7, 11) is 0. The second-order valence-electron chi connectivity index (χ2n) is 6.00. The molecule has 1 aliphatic rings. The SMILES string of the molecule is CCCCCCC(C)NC(=O)CCC1CCCCN1. The van der Waals surface area contributed by atoms with Crippen molar-refractivity contribution in [2.45, 2.75) is 90.1 Å². The molecule has 1 fully saturated rings. The first-order chi connectivity index (χ1) is 9.22. The highest BCUT2D eigenvalue weighted by Crippen LogP contribution is 2.12. The maximum atomic E-state index is 11.8. The Morgan fingerprint density at radius 3 is 2.84 bits per heavy atom. The number of amides is 1. The molecule has 0 aromatic rings. The van der Waals surface area contributed by atoms with E-state index in [9.17, 15) is 4.79 Å². The van der Waals surface area contributed by atoms with Crippen molar-refractivity contribution in [3.8, 4) is 0 Å². The van der Waals surface area contributed by atoms with Crippen molar-refractivity contribution < 1.29 is 4.79 Å². The molecule has 1 amide bonds. The van der Waals surface area contributed by atoms with Gasteiger partial charge in [0.15, 0.2) is 0 Å². The average Bonchev–Trinajstić information content (AvgIpc) is 2.42. The molecular weight excluding hydrogens is 236 g/mol. The quantitative estimate of drug-likeness (QED) is 0.629. The molecule has 1 aliphatic heterocycles. The van der Waals surface area contributed by atoms with Crippen molar-refractivity contribution in [3.63, 3.8) is 0 Å². The summed E-state index contributed by atoms with van der Waals surface area (Å²) >= 11 is 0. The number of nitrogens with one attached hydrogen (secondary N) is 2. The molecule has 0 radical (unpaired) electrons. The zero-order valence-corrected chi connectivity index (χ0v) is 12.8. The summed E-state index contributed by atoms with van der Waals surface area (Å²) in [5.41, 5.74) is 0. The number of carbonyl (C=O) groups excluding carboxylic acids is 1. The lowest BCUT2D eigenvalue weighted by atomic mass is 10.0. The van der Waals surface area contributed by atoms with Gasteiger partial charge in [0.05, 0.1) is 0 Å². The summed E-state index contributed by atoms with van der Waals surface area (Å²) in [6.07, 6.45) is 11.7. The van der Waals surface area contributed by atoms with Crippen molar-refractivity contribution in [1.29, 1.82) is 0 Å². The van der Waals surface area contributed by atoms with Gasteiger partial charge < -0.3 is 10.6 Å². The van der Waals surface area contributed by atoms with Crippen LogP contribution in [0.2, 0.25) is 0 Å². The zero-order chi connectivity index (χ0) is 13.9. The summed E-state index contributed by atoms with van der Waals surface area (Å²) < 4.78 is 0. The number of piperidine rings is 1. The summed E-state index contributed by atoms with van der Waals surface area (Å²) in [6, 6.07) is 0.906. The van der Waals surface area contributed by atoms with Crippen molar-refractivity contribution in [2.75, 3.05) is 6.54 Å². The van der Waals surface area contributed by atoms with Crippen LogP contribution in [0.4, 0.5) is 0 Å². The van der Waals surface area contributed by atoms with E-state index in [-0.39, 0.29) is 5.91 Å². The minimum Gasteiger partial charge on any atom is -0.354 e. The third kappa shape index (κ3) is 8.25. The Morgan fingerprint density at radius 2 is 2.16 bits per heavy atom. The largest absolute Gasteiger partial charge is 0.354 e. The maximum Gasteiger partial charge on any atom is 0.220 e. The van der Waals surface area contributed by atoms with Crippen molar-refractivity contribution >= 4 is 5.91 Å². The van der Waals surface area contributed by atoms with Crippen LogP contribution in [0.1, 0.15) is 78.1 Å². The van der Waals surface area contributed by atoms with Crippen LogP contribution in [0.5, 0.6) is 0 Å². The molecular formula is C16H32N2O. The normalized spacial score (nSPS) is 21.1. The van der Waals surface area contributed by atoms with E-state index in [1.165, 1.54) is 44.9 Å². The van der Waals surface area contributed by atoms with Gasteiger partial charge >= 0.3 is 0 Å². The highest BCUT2D eigenvalue weighted by molar-refractivity contribution is 5.76. The van der Waals surface area contributed by atoms with Crippen LogP contribution in [-0.4, -0.2) is 24.5 Å². The molecule has 0 aromatic heterocycles. The Kier molecular flexibility index (Phi) is 8.89. The molecule has 2 unspecified atom stereocenters. The van der Waals surface area contributed by atoms with Gasteiger partial charge in [0, 0.05) is 18.5 Å². The van der Waals surface area contributed by atoms with E-state index >= 15 is 0 Å². The van der Waals surface area contributed by atoms with E-state index in [0.717, 1.165) is 19.4 Å². The summed E-state index contributed by atoms with van der Waals surface area (Å²) in [5, 5.41) is 6.63. The number of unbranched alkanes of at least 4 members (excludes halogenated alkanes) is 3. The topological polar surface area (TPSA) is 41.1 Å². The molecule has 1 rings (SSSR count). The fourth-order valence-electron chi connectivity index (χ4n) is 2.77. The molecule has 0 spiro atoms. The van der Waals surface area contributed by atoms with Gasteiger partial charge in [-0.1, -0.05) is 39.0 Å². The summed E-state index contributed by atoms with van der Waals surface area (Å²) in [6.45, 7) is 5.48. The Hall–Kier alpha value is -0.570. The van der Waals surface area contributed by atoms with Crippen LogP contribution in [0.15, 0.2) is 0 Å². The van der Waals surface area contributed by atoms with Gasteiger partial charge in [0.1, 0.15) is 0 Å². The molecule has 0 aliphatic carbocycles. The first kappa shape index (κ1) is 16.5. The molecule has 3 heteroatoms. The van der Waals surface area contributed by atoms with E-state index < -0.39 is 0 Å². The minimum atomic E-state index is 0.232. The first-order valence-electron chi connectivity index (χ1n) is 8.25. The molecule has 0 aromatic carbocycles. The standard InChI is InChI=1S/C16H32N2O/c1-3-4-5-6-9-14(2)18-16(19)12-11-15-10-7-8-13-17-15/h14-15,17H,3-13H2,1-2H3,(H,18,19). The van der Waals surface area contributed by atoms with Crippen molar-refractivity contribution in [1.82, 2.24) is 10.6 Å². The van der Waals surface area contributed by atoms with Gasteiger partial charge in [-0.05, 0) is 39.2 Å².